The van der Waals surface area contributed by atoms with E-state index in [-0.39, 0.29) is 10.0 Å². The highest BCUT2D eigenvalue weighted by atomic mass is 35.5. The summed E-state index contributed by atoms with van der Waals surface area (Å²) < 4.78 is 27.6. The predicted octanol–water partition coefficient (Wildman–Crippen LogP) is 4.94. The van der Waals surface area contributed by atoms with Crippen LogP contribution in [0.25, 0.3) is 0 Å². The molecule has 1 aliphatic heterocycles. The Morgan fingerprint density at radius 1 is 0.944 bits per heavy atom. The van der Waals surface area contributed by atoms with Crippen LogP contribution in [-0.4, -0.2) is 49.9 Å². The number of thiocarbonyl (C=S) groups is 1. The minimum absolute atomic E-state index is 0.101. The first-order valence-corrected chi connectivity index (χ1v) is 13.7. The highest BCUT2D eigenvalue weighted by Gasteiger charge is 2.30. The molecule has 2 N–H and O–H groups in total. The van der Waals surface area contributed by atoms with E-state index < -0.39 is 15.9 Å². The monoisotopic (exact) mass is 562 g/mol. The van der Waals surface area contributed by atoms with Crippen LogP contribution in [0.4, 0.5) is 11.4 Å². The molecule has 1 aliphatic rings. The Morgan fingerprint density at radius 3 is 2.28 bits per heavy atom. The van der Waals surface area contributed by atoms with Gasteiger partial charge in [-0.05, 0) is 61.6 Å². The number of carbonyl (C=O) groups excluding carboxylic acids is 1. The van der Waals surface area contributed by atoms with Gasteiger partial charge in [-0.3, -0.25) is 10.1 Å². The first-order chi connectivity index (χ1) is 17.1. The molecule has 0 aromatic heterocycles. The smallest absolute Gasteiger partial charge is 0.257 e. The second-order valence-electron chi connectivity index (χ2n) is 8.26. The third-order valence-electron chi connectivity index (χ3n) is 5.76. The standard InChI is InChI=1S/C25H24Cl2N4O3S2/c1-17-8-10-20(11-9-17)36(33,34)31-14-12-30(13-15-31)23-21(27)6-3-7-22(23)28-25(35)29-24(32)18-4-2-5-19(26)16-18/h2-11,16H,12-15H2,1H3,(H2,28,29,32,35). The van der Waals surface area contributed by atoms with Crippen molar-refractivity contribution >= 4 is 67.8 Å². The normalized spacial score (nSPS) is 14.4. The van der Waals surface area contributed by atoms with E-state index in [1.807, 2.05) is 11.8 Å². The number of sulfonamides is 1. The molecule has 0 radical (unpaired) electrons. The molecule has 0 saturated carbocycles. The number of nitrogens with one attached hydrogen (secondary N) is 2. The second-order valence-corrected chi connectivity index (χ2v) is 11.4. The highest BCUT2D eigenvalue weighted by molar-refractivity contribution is 7.89. The number of rotatable bonds is 5. The van der Waals surface area contributed by atoms with Crippen LogP contribution >= 0.6 is 35.4 Å². The molecule has 0 bridgehead atoms. The number of benzene rings is 3. The lowest BCUT2D eigenvalue weighted by atomic mass is 10.2. The van der Waals surface area contributed by atoms with Crippen LogP contribution in [0.1, 0.15) is 15.9 Å². The third kappa shape index (κ3) is 5.99. The fraction of sp³-hybridized carbons (Fsp3) is 0.200. The molecule has 4 rings (SSSR count). The quantitative estimate of drug-likeness (QED) is 0.428. The van der Waals surface area contributed by atoms with E-state index in [0.717, 1.165) is 5.56 Å². The number of hydrogen-bond donors (Lipinski definition) is 2. The number of halogens is 2. The molecule has 1 heterocycles. The minimum atomic E-state index is -3.59. The van der Waals surface area contributed by atoms with Gasteiger partial charge in [0.2, 0.25) is 10.0 Å². The van der Waals surface area contributed by atoms with Gasteiger partial charge in [-0.1, -0.05) is 53.0 Å². The Labute approximate surface area is 226 Å². The minimum Gasteiger partial charge on any atom is -0.366 e. The average Bonchev–Trinajstić information content (AvgIpc) is 2.84. The Balaban J connectivity index is 1.45. The van der Waals surface area contributed by atoms with Gasteiger partial charge in [0.25, 0.3) is 5.91 Å². The number of aryl methyl sites for hydroxylation is 1. The molecule has 7 nitrogen and oxygen atoms in total. The van der Waals surface area contributed by atoms with Crippen LogP contribution in [0.5, 0.6) is 0 Å². The first-order valence-electron chi connectivity index (χ1n) is 11.1. The molecule has 1 fully saturated rings. The molecule has 188 valence electrons. The summed E-state index contributed by atoms with van der Waals surface area (Å²) >= 11 is 17.9. The Morgan fingerprint density at radius 2 is 1.61 bits per heavy atom. The topological polar surface area (TPSA) is 81.8 Å². The zero-order valence-electron chi connectivity index (χ0n) is 19.4. The maximum Gasteiger partial charge on any atom is 0.257 e. The van der Waals surface area contributed by atoms with E-state index in [1.165, 1.54) is 4.31 Å². The van der Waals surface area contributed by atoms with Gasteiger partial charge in [0.05, 0.1) is 21.3 Å². The highest BCUT2D eigenvalue weighted by Crippen LogP contribution is 2.35. The third-order valence-corrected chi connectivity index (χ3v) is 8.42. The lowest BCUT2D eigenvalue weighted by Crippen LogP contribution is -2.49. The van der Waals surface area contributed by atoms with Crippen molar-refractivity contribution in [3.63, 3.8) is 0 Å². The number of nitrogens with zero attached hydrogens (tertiary/aromatic N) is 2. The molecule has 0 unspecified atom stereocenters. The molecule has 0 spiro atoms. The van der Waals surface area contributed by atoms with Crippen LogP contribution in [0.3, 0.4) is 0 Å². The summed E-state index contributed by atoms with van der Waals surface area (Å²) in [5, 5.41) is 6.72. The van der Waals surface area contributed by atoms with E-state index in [9.17, 15) is 13.2 Å². The first kappa shape index (κ1) is 26.4. The number of anilines is 2. The number of carbonyl (C=O) groups is 1. The van der Waals surface area contributed by atoms with Gasteiger partial charge in [-0.25, -0.2) is 8.42 Å². The van der Waals surface area contributed by atoms with Gasteiger partial charge in [-0.2, -0.15) is 4.31 Å². The lowest BCUT2D eigenvalue weighted by molar-refractivity contribution is 0.0977. The van der Waals surface area contributed by atoms with Crippen LogP contribution in [0.2, 0.25) is 10.0 Å². The van der Waals surface area contributed by atoms with E-state index in [2.05, 4.69) is 10.6 Å². The van der Waals surface area contributed by atoms with Gasteiger partial charge >= 0.3 is 0 Å². The predicted molar refractivity (Wildman–Crippen MR) is 149 cm³/mol. The molecular weight excluding hydrogens is 539 g/mol. The molecule has 11 heteroatoms. The molecule has 0 atom stereocenters. The fourth-order valence-electron chi connectivity index (χ4n) is 3.91. The zero-order chi connectivity index (χ0) is 25.9. The van der Waals surface area contributed by atoms with E-state index in [0.29, 0.717) is 53.2 Å². The fourth-order valence-corrected chi connectivity index (χ4v) is 6.02. The van der Waals surface area contributed by atoms with Crippen molar-refractivity contribution in [1.82, 2.24) is 9.62 Å². The van der Waals surface area contributed by atoms with Gasteiger partial charge in [0.15, 0.2) is 5.11 Å². The molecule has 3 aromatic carbocycles. The maximum absolute atomic E-state index is 13.1. The molecule has 0 aliphatic carbocycles. The summed E-state index contributed by atoms with van der Waals surface area (Å²) in [5.41, 5.74) is 2.67. The van der Waals surface area contributed by atoms with Crippen molar-refractivity contribution in [1.29, 1.82) is 0 Å². The van der Waals surface area contributed by atoms with Crippen molar-refractivity contribution in [2.75, 3.05) is 36.4 Å². The van der Waals surface area contributed by atoms with Crippen LogP contribution < -0.4 is 15.5 Å². The Bertz CT molecular complexity index is 1390. The number of hydrogen-bond acceptors (Lipinski definition) is 5. The van der Waals surface area contributed by atoms with Crippen molar-refractivity contribution in [2.45, 2.75) is 11.8 Å². The lowest BCUT2D eigenvalue weighted by Gasteiger charge is -2.36. The van der Waals surface area contributed by atoms with Crippen molar-refractivity contribution in [2.24, 2.45) is 0 Å². The van der Waals surface area contributed by atoms with Gasteiger partial charge < -0.3 is 10.2 Å². The summed E-state index contributed by atoms with van der Waals surface area (Å²) in [5.74, 6) is -0.395. The number of para-hydroxylation sites is 1. The summed E-state index contributed by atoms with van der Waals surface area (Å²) in [7, 11) is -3.59. The summed E-state index contributed by atoms with van der Waals surface area (Å²) in [4.78, 5) is 14.8. The summed E-state index contributed by atoms with van der Waals surface area (Å²) in [6, 6.07) is 18.7. The van der Waals surface area contributed by atoms with Crippen molar-refractivity contribution in [3.8, 4) is 0 Å². The molecule has 3 aromatic rings. The number of amides is 1. The SMILES string of the molecule is Cc1ccc(S(=O)(=O)N2CCN(c3c(Cl)cccc3NC(=S)NC(=O)c3cccc(Cl)c3)CC2)cc1. The van der Waals surface area contributed by atoms with Gasteiger partial charge in [-0.15, -0.1) is 0 Å². The molecule has 1 amide bonds. The zero-order valence-corrected chi connectivity index (χ0v) is 22.5. The van der Waals surface area contributed by atoms with E-state index in [4.69, 9.17) is 35.4 Å². The average molecular weight is 564 g/mol. The maximum atomic E-state index is 13.1. The molecule has 1 saturated heterocycles. The Kier molecular flexibility index (Phi) is 8.17. The van der Waals surface area contributed by atoms with E-state index in [1.54, 1.807) is 66.7 Å². The van der Waals surface area contributed by atoms with Gasteiger partial charge in [0, 0.05) is 36.8 Å². The van der Waals surface area contributed by atoms with Crippen LogP contribution in [-0.2, 0) is 10.0 Å². The van der Waals surface area contributed by atoms with Crippen molar-refractivity contribution < 1.29 is 13.2 Å². The van der Waals surface area contributed by atoms with Gasteiger partial charge in [0.1, 0.15) is 0 Å². The largest absolute Gasteiger partial charge is 0.366 e. The summed E-state index contributed by atoms with van der Waals surface area (Å²) in [6.45, 7) is 3.39. The van der Waals surface area contributed by atoms with Crippen LogP contribution in [0.15, 0.2) is 71.6 Å². The van der Waals surface area contributed by atoms with E-state index >= 15 is 0 Å². The van der Waals surface area contributed by atoms with Crippen molar-refractivity contribution in [3.05, 3.63) is 87.9 Å². The Hall–Kier alpha value is -2.69. The second kappa shape index (κ2) is 11.1. The molecule has 36 heavy (non-hydrogen) atoms. The molecular formula is C25H24Cl2N4O3S2. The van der Waals surface area contributed by atoms with Crippen LogP contribution in [0, 0.1) is 6.92 Å². The summed E-state index contributed by atoms with van der Waals surface area (Å²) in [6.07, 6.45) is 0. The number of piperazine rings is 1.